The quantitative estimate of drug-likeness (QED) is 0.850. The van der Waals surface area contributed by atoms with Gasteiger partial charge in [0, 0.05) is 17.0 Å². The van der Waals surface area contributed by atoms with E-state index in [0.29, 0.717) is 17.8 Å². The molecule has 1 aliphatic rings. The van der Waals surface area contributed by atoms with E-state index in [9.17, 15) is 9.59 Å². The minimum Gasteiger partial charge on any atom is -0.350 e. The number of fused-ring (bicyclic) bond motifs is 1. The van der Waals surface area contributed by atoms with E-state index < -0.39 is 0 Å². The van der Waals surface area contributed by atoms with Crippen LogP contribution in [0.15, 0.2) is 53.4 Å². The minimum atomic E-state index is -0.145. The fourth-order valence-electron chi connectivity index (χ4n) is 2.92. The maximum Gasteiger partial charge on any atom is 0.251 e. The summed E-state index contributed by atoms with van der Waals surface area (Å²) in [5.74, 6) is -0.176. The molecule has 1 heterocycles. The summed E-state index contributed by atoms with van der Waals surface area (Å²) in [6.07, 6.45) is 0. The van der Waals surface area contributed by atoms with Gasteiger partial charge in [0.1, 0.15) is 0 Å². The lowest BCUT2D eigenvalue weighted by Crippen LogP contribution is -2.34. The van der Waals surface area contributed by atoms with Crippen molar-refractivity contribution in [3.8, 4) is 0 Å². The molecule has 0 radical (unpaired) electrons. The van der Waals surface area contributed by atoms with E-state index in [1.807, 2.05) is 45.3 Å². The van der Waals surface area contributed by atoms with Gasteiger partial charge in [-0.05, 0) is 44.8 Å². The van der Waals surface area contributed by atoms with Crippen LogP contribution in [0.2, 0.25) is 0 Å². The van der Waals surface area contributed by atoms with Crippen molar-refractivity contribution in [2.24, 2.45) is 0 Å². The van der Waals surface area contributed by atoms with Gasteiger partial charge in [0.25, 0.3) is 5.91 Å². The standard InChI is InChI=1S/C20H23N3O2S/c1-13-19(24)22-16-11-15(9-10-18(16)26-13)20(25)21-12-17(23(2)3)14-7-5-4-6-8-14/h4-11,13,17H,12H2,1-3H3,(H,21,25)(H,22,24)/t13-,17-/m0/s1. The zero-order valence-electron chi connectivity index (χ0n) is 15.2. The molecule has 2 N–H and O–H groups in total. The van der Waals surface area contributed by atoms with Gasteiger partial charge in [-0.25, -0.2) is 0 Å². The SMILES string of the molecule is C[C@@H]1Sc2ccc(C(=O)NC[C@@H](c3ccccc3)N(C)C)cc2NC1=O. The van der Waals surface area contributed by atoms with Crippen LogP contribution in [0.3, 0.4) is 0 Å². The Bertz CT molecular complexity index is 808. The molecule has 0 saturated heterocycles. The summed E-state index contributed by atoms with van der Waals surface area (Å²) in [5.41, 5.74) is 2.41. The Balaban J connectivity index is 1.70. The van der Waals surface area contributed by atoms with Crippen LogP contribution in [-0.2, 0) is 4.79 Å². The molecule has 0 aromatic heterocycles. The summed E-state index contributed by atoms with van der Waals surface area (Å²) in [6.45, 7) is 2.37. The topological polar surface area (TPSA) is 61.4 Å². The molecule has 0 bridgehead atoms. The Morgan fingerprint density at radius 1 is 1.23 bits per heavy atom. The lowest BCUT2D eigenvalue weighted by molar-refractivity contribution is -0.115. The number of nitrogens with zero attached hydrogens (tertiary/aromatic N) is 1. The predicted octanol–water partition coefficient (Wildman–Crippen LogP) is 3.15. The van der Waals surface area contributed by atoms with Gasteiger partial charge in [0.2, 0.25) is 5.91 Å². The Morgan fingerprint density at radius 2 is 1.96 bits per heavy atom. The molecular weight excluding hydrogens is 346 g/mol. The van der Waals surface area contributed by atoms with Crippen molar-refractivity contribution in [3.05, 3.63) is 59.7 Å². The summed E-state index contributed by atoms with van der Waals surface area (Å²) in [5, 5.41) is 5.75. The monoisotopic (exact) mass is 369 g/mol. The molecule has 2 aromatic rings. The molecule has 0 aliphatic carbocycles. The maximum atomic E-state index is 12.6. The van der Waals surface area contributed by atoms with E-state index in [0.717, 1.165) is 10.5 Å². The van der Waals surface area contributed by atoms with Crippen molar-refractivity contribution in [1.29, 1.82) is 0 Å². The molecule has 0 unspecified atom stereocenters. The highest BCUT2D eigenvalue weighted by Gasteiger charge is 2.24. The zero-order chi connectivity index (χ0) is 18.7. The smallest absolute Gasteiger partial charge is 0.251 e. The number of nitrogens with one attached hydrogen (secondary N) is 2. The first-order valence-electron chi connectivity index (χ1n) is 8.57. The molecule has 26 heavy (non-hydrogen) atoms. The van der Waals surface area contributed by atoms with Crippen molar-refractivity contribution < 1.29 is 9.59 Å². The first-order chi connectivity index (χ1) is 12.5. The van der Waals surface area contributed by atoms with Gasteiger partial charge in [-0.1, -0.05) is 30.3 Å². The second-order valence-corrected chi connectivity index (χ2v) is 7.94. The van der Waals surface area contributed by atoms with E-state index in [1.165, 1.54) is 11.8 Å². The number of carbonyl (C=O) groups excluding carboxylic acids is 2. The molecule has 5 nitrogen and oxygen atoms in total. The number of likely N-dealkylation sites (N-methyl/N-ethyl adjacent to an activating group) is 1. The Kier molecular flexibility index (Phi) is 5.64. The number of hydrogen-bond acceptors (Lipinski definition) is 4. The third kappa shape index (κ3) is 4.08. The maximum absolute atomic E-state index is 12.6. The van der Waals surface area contributed by atoms with Gasteiger partial charge in [-0.2, -0.15) is 0 Å². The molecule has 0 fully saturated rings. The second kappa shape index (κ2) is 7.93. The van der Waals surface area contributed by atoms with Crippen molar-refractivity contribution in [3.63, 3.8) is 0 Å². The molecule has 3 rings (SSSR count). The van der Waals surface area contributed by atoms with Crippen LogP contribution >= 0.6 is 11.8 Å². The molecule has 0 spiro atoms. The molecular formula is C20H23N3O2S. The molecule has 2 aromatic carbocycles. The lowest BCUT2D eigenvalue weighted by atomic mass is 10.1. The van der Waals surface area contributed by atoms with E-state index in [2.05, 4.69) is 27.7 Å². The molecule has 1 aliphatic heterocycles. The van der Waals surface area contributed by atoms with Crippen LogP contribution in [0.5, 0.6) is 0 Å². The summed E-state index contributed by atoms with van der Waals surface area (Å²) in [4.78, 5) is 27.5. The highest BCUT2D eigenvalue weighted by molar-refractivity contribution is 8.00. The number of amides is 2. The van der Waals surface area contributed by atoms with Crippen molar-refractivity contribution in [1.82, 2.24) is 10.2 Å². The first-order valence-corrected chi connectivity index (χ1v) is 9.45. The van der Waals surface area contributed by atoms with Crippen LogP contribution in [0, 0.1) is 0 Å². The third-order valence-electron chi connectivity index (χ3n) is 4.44. The number of rotatable bonds is 5. The van der Waals surface area contributed by atoms with Crippen molar-refractivity contribution in [2.75, 3.05) is 26.0 Å². The highest BCUT2D eigenvalue weighted by atomic mass is 32.2. The molecule has 0 saturated carbocycles. The Hall–Kier alpha value is -2.31. The fraction of sp³-hybridized carbons (Fsp3) is 0.300. The molecule has 136 valence electrons. The average molecular weight is 369 g/mol. The van der Waals surface area contributed by atoms with Crippen LogP contribution in [0.1, 0.15) is 28.9 Å². The number of thioether (sulfide) groups is 1. The fourth-order valence-corrected chi connectivity index (χ4v) is 3.85. The first kappa shape index (κ1) is 18.5. The molecule has 2 atom stereocenters. The third-order valence-corrected chi connectivity index (χ3v) is 5.61. The largest absolute Gasteiger partial charge is 0.350 e. The highest BCUT2D eigenvalue weighted by Crippen LogP contribution is 2.35. The normalized spacial score (nSPS) is 17.4. The Labute approximate surface area is 158 Å². The number of anilines is 1. The van der Waals surface area contributed by atoms with E-state index in [1.54, 1.807) is 12.1 Å². The van der Waals surface area contributed by atoms with Gasteiger partial charge in [0.05, 0.1) is 17.0 Å². The predicted molar refractivity (Wildman–Crippen MR) is 106 cm³/mol. The zero-order valence-corrected chi connectivity index (χ0v) is 16.0. The number of benzene rings is 2. The van der Waals surface area contributed by atoms with Gasteiger partial charge >= 0.3 is 0 Å². The molecule has 6 heteroatoms. The van der Waals surface area contributed by atoms with Crippen molar-refractivity contribution >= 4 is 29.3 Å². The summed E-state index contributed by atoms with van der Waals surface area (Å²) in [7, 11) is 3.99. The van der Waals surface area contributed by atoms with Crippen molar-refractivity contribution in [2.45, 2.75) is 23.1 Å². The van der Waals surface area contributed by atoms with E-state index in [-0.39, 0.29) is 23.1 Å². The van der Waals surface area contributed by atoms with Gasteiger partial charge in [-0.3, -0.25) is 9.59 Å². The summed E-state index contributed by atoms with van der Waals surface area (Å²) < 4.78 is 0. The van der Waals surface area contributed by atoms with Crippen LogP contribution in [-0.4, -0.2) is 42.6 Å². The van der Waals surface area contributed by atoms with Crippen LogP contribution in [0.4, 0.5) is 5.69 Å². The minimum absolute atomic E-state index is 0.0307. The summed E-state index contributed by atoms with van der Waals surface area (Å²) in [6, 6.07) is 15.6. The van der Waals surface area contributed by atoms with Gasteiger partial charge in [0.15, 0.2) is 0 Å². The Morgan fingerprint density at radius 3 is 2.65 bits per heavy atom. The average Bonchev–Trinajstić information content (AvgIpc) is 2.63. The van der Waals surface area contributed by atoms with Crippen LogP contribution < -0.4 is 10.6 Å². The second-order valence-electron chi connectivity index (χ2n) is 6.56. The van der Waals surface area contributed by atoms with Gasteiger partial charge < -0.3 is 15.5 Å². The van der Waals surface area contributed by atoms with E-state index >= 15 is 0 Å². The van der Waals surface area contributed by atoms with E-state index in [4.69, 9.17) is 0 Å². The van der Waals surface area contributed by atoms with Crippen LogP contribution in [0.25, 0.3) is 0 Å². The number of carbonyl (C=O) groups is 2. The summed E-state index contributed by atoms with van der Waals surface area (Å²) >= 11 is 1.51. The molecule has 2 amide bonds. The van der Waals surface area contributed by atoms with Gasteiger partial charge in [-0.15, -0.1) is 11.8 Å². The lowest BCUT2D eigenvalue weighted by Gasteiger charge is -2.25. The number of hydrogen-bond donors (Lipinski definition) is 2.